The zero-order valence-corrected chi connectivity index (χ0v) is 21.6. The van der Waals surface area contributed by atoms with Crippen molar-refractivity contribution in [2.45, 2.75) is 0 Å². The third kappa shape index (κ3) is 5.32. The second-order valence-corrected chi connectivity index (χ2v) is 9.93. The Morgan fingerprint density at radius 1 is 0.795 bits per heavy atom. The molecule has 0 bridgehead atoms. The molecule has 2 aromatic heterocycles. The second-order valence-electron chi connectivity index (χ2n) is 8.98. The quantitative estimate of drug-likeness (QED) is 0.170. The van der Waals surface area contributed by atoms with E-state index in [4.69, 9.17) is 5.10 Å². The lowest BCUT2D eigenvalue weighted by molar-refractivity contribution is 0.102. The van der Waals surface area contributed by atoms with E-state index in [1.807, 2.05) is 70.9 Å². The Morgan fingerprint density at radius 2 is 1.56 bits per heavy atom. The third-order valence-corrected chi connectivity index (χ3v) is 7.24. The first-order valence-corrected chi connectivity index (χ1v) is 13.3. The minimum absolute atomic E-state index is 0.136. The Bertz CT molecular complexity index is 1800. The van der Waals surface area contributed by atoms with Gasteiger partial charge in [-0.3, -0.25) is 9.59 Å². The van der Waals surface area contributed by atoms with Crippen LogP contribution in [0.5, 0.6) is 0 Å². The predicted molar refractivity (Wildman–Crippen MR) is 159 cm³/mol. The van der Waals surface area contributed by atoms with E-state index in [0.29, 0.717) is 16.1 Å². The molecule has 6 rings (SSSR count). The van der Waals surface area contributed by atoms with Gasteiger partial charge < -0.3 is 5.32 Å². The van der Waals surface area contributed by atoms with E-state index < -0.39 is 0 Å². The smallest absolute Gasteiger partial charge is 0.265 e. The standard InChI is InChI=1S/C33H23N3O2S/c37-30(24-14-17-28(18-15-24)34-33(38)31-11-6-20-39-31)19-16-27-22-36(29-9-2-1-3-10-29)35-32(27)26-13-12-23-7-4-5-8-25(23)21-26/h1-22H,(H,34,38)/b19-16+. The Labute approximate surface area is 229 Å². The van der Waals surface area contributed by atoms with Crippen molar-refractivity contribution in [1.82, 2.24) is 9.78 Å². The van der Waals surface area contributed by atoms with E-state index >= 15 is 0 Å². The summed E-state index contributed by atoms with van der Waals surface area (Å²) >= 11 is 1.38. The summed E-state index contributed by atoms with van der Waals surface area (Å²) in [6.45, 7) is 0. The van der Waals surface area contributed by atoms with Crippen molar-refractivity contribution >= 4 is 45.6 Å². The molecule has 0 saturated heterocycles. The highest BCUT2D eigenvalue weighted by molar-refractivity contribution is 7.12. The summed E-state index contributed by atoms with van der Waals surface area (Å²) in [5.41, 5.74) is 4.70. The summed E-state index contributed by atoms with van der Waals surface area (Å²) in [5.74, 6) is -0.302. The number of allylic oxidation sites excluding steroid dienone is 1. The fourth-order valence-corrected chi connectivity index (χ4v) is 4.98. The second kappa shape index (κ2) is 10.7. The van der Waals surface area contributed by atoms with Crippen LogP contribution < -0.4 is 5.32 Å². The lowest BCUT2D eigenvalue weighted by atomic mass is 10.0. The zero-order chi connectivity index (χ0) is 26.6. The van der Waals surface area contributed by atoms with Crippen LogP contribution in [0.25, 0.3) is 33.8 Å². The number of amides is 1. The van der Waals surface area contributed by atoms with Gasteiger partial charge >= 0.3 is 0 Å². The van der Waals surface area contributed by atoms with Gasteiger partial charge in [0.25, 0.3) is 5.91 Å². The van der Waals surface area contributed by atoms with Gasteiger partial charge in [0.2, 0.25) is 0 Å². The Hall–Kier alpha value is -5.07. The van der Waals surface area contributed by atoms with E-state index in [-0.39, 0.29) is 11.7 Å². The molecule has 5 nitrogen and oxygen atoms in total. The number of carbonyl (C=O) groups excluding carboxylic acids is 2. The SMILES string of the molecule is O=C(/C=C/c1cn(-c2ccccc2)nc1-c1ccc2ccccc2c1)c1ccc(NC(=O)c2cccs2)cc1. The van der Waals surface area contributed by atoms with Crippen molar-refractivity contribution in [2.75, 3.05) is 5.32 Å². The van der Waals surface area contributed by atoms with Crippen LogP contribution in [0, 0.1) is 0 Å². The molecule has 1 N–H and O–H groups in total. The summed E-state index contributed by atoms with van der Waals surface area (Å²) < 4.78 is 1.83. The number of ketones is 1. The maximum atomic E-state index is 13.0. The molecule has 0 atom stereocenters. The summed E-state index contributed by atoms with van der Waals surface area (Å²) in [6, 6.07) is 34.9. The van der Waals surface area contributed by atoms with Crippen LogP contribution in [-0.2, 0) is 0 Å². The van der Waals surface area contributed by atoms with E-state index in [0.717, 1.165) is 33.3 Å². The minimum Gasteiger partial charge on any atom is -0.321 e. The first-order valence-electron chi connectivity index (χ1n) is 12.5. The molecule has 0 saturated carbocycles. The summed E-state index contributed by atoms with van der Waals surface area (Å²) in [4.78, 5) is 26.0. The number of benzene rings is 4. The van der Waals surface area contributed by atoms with Gasteiger partial charge in [-0.05, 0) is 76.8 Å². The zero-order valence-electron chi connectivity index (χ0n) is 20.8. The molecule has 0 radical (unpaired) electrons. The van der Waals surface area contributed by atoms with Crippen LogP contribution in [0.1, 0.15) is 25.6 Å². The van der Waals surface area contributed by atoms with Crippen molar-refractivity contribution in [2.24, 2.45) is 0 Å². The van der Waals surface area contributed by atoms with Gasteiger partial charge in [-0.1, -0.05) is 60.7 Å². The molecular weight excluding hydrogens is 502 g/mol. The molecule has 0 fully saturated rings. The molecule has 0 unspecified atom stereocenters. The van der Waals surface area contributed by atoms with E-state index in [1.54, 1.807) is 36.4 Å². The Morgan fingerprint density at radius 3 is 2.33 bits per heavy atom. The number of nitrogens with one attached hydrogen (secondary N) is 1. The highest BCUT2D eigenvalue weighted by Gasteiger charge is 2.13. The monoisotopic (exact) mass is 525 g/mol. The van der Waals surface area contributed by atoms with Crippen LogP contribution in [0.3, 0.4) is 0 Å². The molecule has 2 heterocycles. The largest absolute Gasteiger partial charge is 0.321 e. The Kier molecular flexibility index (Phi) is 6.68. The number of hydrogen-bond acceptors (Lipinski definition) is 4. The number of fused-ring (bicyclic) bond motifs is 1. The number of anilines is 1. The first-order chi connectivity index (χ1) is 19.1. The summed E-state index contributed by atoms with van der Waals surface area (Å²) in [5, 5.41) is 11.9. The predicted octanol–water partition coefficient (Wildman–Crippen LogP) is 7.90. The van der Waals surface area contributed by atoms with E-state index in [1.165, 1.54) is 11.3 Å². The van der Waals surface area contributed by atoms with Crippen LogP contribution in [0.2, 0.25) is 0 Å². The fourth-order valence-electron chi connectivity index (χ4n) is 4.36. The molecular formula is C33H23N3O2S. The van der Waals surface area contributed by atoms with Crippen LogP contribution in [-0.4, -0.2) is 21.5 Å². The van der Waals surface area contributed by atoms with Gasteiger partial charge in [-0.25, -0.2) is 4.68 Å². The maximum absolute atomic E-state index is 13.0. The lowest BCUT2D eigenvalue weighted by Crippen LogP contribution is -2.10. The van der Waals surface area contributed by atoms with Gasteiger partial charge in [0.15, 0.2) is 5.78 Å². The third-order valence-electron chi connectivity index (χ3n) is 6.37. The average molecular weight is 526 g/mol. The van der Waals surface area contributed by atoms with Gasteiger partial charge in [-0.2, -0.15) is 5.10 Å². The van der Waals surface area contributed by atoms with Gasteiger partial charge in [0, 0.05) is 28.6 Å². The summed E-state index contributed by atoms with van der Waals surface area (Å²) in [7, 11) is 0. The van der Waals surface area contributed by atoms with Crippen molar-refractivity contribution in [3.63, 3.8) is 0 Å². The number of nitrogens with zero attached hydrogens (tertiary/aromatic N) is 2. The highest BCUT2D eigenvalue weighted by Crippen LogP contribution is 2.28. The van der Waals surface area contributed by atoms with Gasteiger partial charge in [0.1, 0.15) is 0 Å². The molecule has 0 aliphatic rings. The van der Waals surface area contributed by atoms with Crippen molar-refractivity contribution in [3.8, 4) is 16.9 Å². The Balaban J connectivity index is 1.28. The molecule has 0 aliphatic heterocycles. The number of para-hydroxylation sites is 1. The molecule has 6 aromatic rings. The maximum Gasteiger partial charge on any atom is 0.265 e. The van der Waals surface area contributed by atoms with E-state index in [9.17, 15) is 9.59 Å². The van der Waals surface area contributed by atoms with Crippen LogP contribution >= 0.6 is 11.3 Å². The number of aromatic nitrogens is 2. The molecule has 0 aliphatic carbocycles. The number of hydrogen-bond donors (Lipinski definition) is 1. The van der Waals surface area contributed by atoms with Crippen molar-refractivity contribution in [1.29, 1.82) is 0 Å². The number of carbonyl (C=O) groups is 2. The molecule has 6 heteroatoms. The minimum atomic E-state index is -0.166. The molecule has 4 aromatic carbocycles. The van der Waals surface area contributed by atoms with Gasteiger partial charge in [-0.15, -0.1) is 11.3 Å². The van der Waals surface area contributed by atoms with Crippen LogP contribution in [0.4, 0.5) is 5.69 Å². The fraction of sp³-hybridized carbons (Fsp3) is 0. The highest BCUT2D eigenvalue weighted by atomic mass is 32.1. The molecule has 1 amide bonds. The normalized spacial score (nSPS) is 11.2. The van der Waals surface area contributed by atoms with Crippen LogP contribution in [0.15, 0.2) is 127 Å². The lowest BCUT2D eigenvalue weighted by Gasteiger charge is -2.04. The number of thiophene rings is 1. The first kappa shape index (κ1) is 24.3. The topological polar surface area (TPSA) is 64.0 Å². The van der Waals surface area contributed by atoms with E-state index in [2.05, 4.69) is 35.6 Å². The molecule has 188 valence electrons. The number of rotatable bonds is 7. The molecule has 0 spiro atoms. The van der Waals surface area contributed by atoms with Crippen molar-refractivity contribution in [3.05, 3.63) is 143 Å². The van der Waals surface area contributed by atoms with Crippen molar-refractivity contribution < 1.29 is 9.59 Å². The summed E-state index contributed by atoms with van der Waals surface area (Å²) in [6.07, 6.45) is 5.31. The average Bonchev–Trinajstić information content (AvgIpc) is 3.68. The van der Waals surface area contributed by atoms with Gasteiger partial charge in [0.05, 0.1) is 16.3 Å². The molecule has 39 heavy (non-hydrogen) atoms.